The van der Waals surface area contributed by atoms with E-state index in [-0.39, 0.29) is 22.6 Å². The Morgan fingerprint density at radius 3 is 2.30 bits per heavy atom. The molecule has 0 saturated heterocycles. The maximum absolute atomic E-state index is 13.3. The summed E-state index contributed by atoms with van der Waals surface area (Å²) < 4.78 is 6.91. The average Bonchev–Trinajstić information content (AvgIpc) is 3.32. The van der Waals surface area contributed by atoms with E-state index in [0.29, 0.717) is 22.3 Å². The van der Waals surface area contributed by atoms with Crippen molar-refractivity contribution in [2.24, 2.45) is 5.73 Å². The number of anilines is 1. The normalized spacial score (nSPS) is 10.6. The van der Waals surface area contributed by atoms with E-state index in [9.17, 15) is 14.4 Å². The molecule has 0 fully saturated rings. The third-order valence-electron chi connectivity index (χ3n) is 5.45. The Morgan fingerprint density at radius 2 is 1.68 bits per heavy atom. The molecule has 2 amide bonds. The van der Waals surface area contributed by atoms with Gasteiger partial charge in [-0.05, 0) is 61.9 Å². The van der Waals surface area contributed by atoms with Crippen LogP contribution in [0.3, 0.4) is 0 Å². The van der Waals surface area contributed by atoms with E-state index < -0.39 is 11.9 Å². The van der Waals surface area contributed by atoms with Gasteiger partial charge in [0.15, 0.2) is 0 Å². The fourth-order valence-electron chi connectivity index (χ4n) is 3.62. The molecule has 4 rings (SSSR count). The number of hydrogen-bond donors (Lipinski definition) is 1. The van der Waals surface area contributed by atoms with E-state index in [0.717, 1.165) is 11.1 Å². The number of benzene rings is 2. The van der Waals surface area contributed by atoms with Crippen molar-refractivity contribution >= 4 is 40.6 Å². The number of aromatic nitrogens is 2. The van der Waals surface area contributed by atoms with Gasteiger partial charge in [0.05, 0.1) is 28.4 Å². The molecule has 0 aliphatic rings. The summed E-state index contributed by atoms with van der Waals surface area (Å²) in [6.45, 7) is 7.50. The van der Waals surface area contributed by atoms with Crippen LogP contribution < -0.4 is 10.6 Å². The number of fused-ring (bicyclic) bond motifs is 1. The van der Waals surface area contributed by atoms with Gasteiger partial charge in [-0.3, -0.25) is 9.59 Å². The summed E-state index contributed by atoms with van der Waals surface area (Å²) in [5.74, 6) is -1.34. The first kappa shape index (κ1) is 27.4. The Kier molecular flexibility index (Phi) is 8.68. The van der Waals surface area contributed by atoms with Crippen molar-refractivity contribution in [3.8, 4) is 11.1 Å². The molecule has 192 valence electrons. The smallest absolute Gasteiger partial charge is 0.339 e. The summed E-state index contributed by atoms with van der Waals surface area (Å²) in [5, 5.41) is 4.60. The van der Waals surface area contributed by atoms with Gasteiger partial charge < -0.3 is 15.4 Å². The molecule has 0 bridgehead atoms. The van der Waals surface area contributed by atoms with E-state index in [2.05, 4.69) is 5.10 Å². The zero-order valence-electron chi connectivity index (χ0n) is 21.4. The molecule has 0 spiro atoms. The molecule has 2 aromatic heterocycles. The van der Waals surface area contributed by atoms with Crippen molar-refractivity contribution in [1.29, 1.82) is 0 Å². The fourth-order valence-corrected chi connectivity index (χ4v) is 3.81. The highest BCUT2D eigenvalue weighted by Crippen LogP contribution is 2.28. The Hall–Kier alpha value is -4.17. The van der Waals surface area contributed by atoms with Gasteiger partial charge in [-0.1, -0.05) is 37.6 Å². The molecular formula is C28H29ClN4O4. The minimum Gasteiger partial charge on any atom is -0.459 e. The molecule has 2 heterocycles. The molecule has 8 nitrogen and oxygen atoms in total. The largest absolute Gasteiger partial charge is 0.459 e. The summed E-state index contributed by atoms with van der Waals surface area (Å²) in [5.41, 5.74) is 9.18. The van der Waals surface area contributed by atoms with Gasteiger partial charge >= 0.3 is 5.97 Å². The van der Waals surface area contributed by atoms with Crippen molar-refractivity contribution < 1.29 is 19.1 Å². The number of carbonyl (C=O) groups is 3. The number of halogens is 1. The number of amides is 2. The van der Waals surface area contributed by atoms with Crippen LogP contribution in [0, 0.1) is 0 Å². The number of carbonyl (C=O) groups excluding carboxylic acids is 3. The number of primary amides is 1. The monoisotopic (exact) mass is 520 g/mol. The molecule has 2 N–H and O–H groups in total. The third kappa shape index (κ3) is 5.98. The van der Waals surface area contributed by atoms with E-state index in [1.54, 1.807) is 86.3 Å². The van der Waals surface area contributed by atoms with Gasteiger partial charge in [0.2, 0.25) is 5.91 Å². The van der Waals surface area contributed by atoms with E-state index in [1.165, 1.54) is 11.0 Å². The van der Waals surface area contributed by atoms with Crippen LogP contribution in [0.25, 0.3) is 16.6 Å². The second-order valence-corrected chi connectivity index (χ2v) is 8.63. The van der Waals surface area contributed by atoms with Gasteiger partial charge in [0, 0.05) is 35.6 Å². The van der Waals surface area contributed by atoms with Crippen LogP contribution in [0.5, 0.6) is 0 Å². The Bertz CT molecular complexity index is 1440. The van der Waals surface area contributed by atoms with Gasteiger partial charge in [-0.25, -0.2) is 9.31 Å². The maximum atomic E-state index is 13.3. The summed E-state index contributed by atoms with van der Waals surface area (Å²) in [6, 6.07) is 15.0. The van der Waals surface area contributed by atoms with Gasteiger partial charge in [0.25, 0.3) is 5.91 Å². The van der Waals surface area contributed by atoms with Crippen LogP contribution in [-0.2, 0) is 4.74 Å². The number of hydrogen-bond acceptors (Lipinski definition) is 5. The van der Waals surface area contributed by atoms with Gasteiger partial charge in [-0.15, -0.1) is 0 Å². The van der Waals surface area contributed by atoms with Crippen LogP contribution in [0.15, 0.2) is 67.0 Å². The average molecular weight is 521 g/mol. The van der Waals surface area contributed by atoms with Crippen LogP contribution >= 0.6 is 11.6 Å². The highest BCUT2D eigenvalue weighted by atomic mass is 35.5. The lowest BCUT2D eigenvalue weighted by molar-refractivity contribution is 0.0378. The lowest BCUT2D eigenvalue weighted by atomic mass is 10.0. The predicted octanol–water partition coefficient (Wildman–Crippen LogP) is 5.62. The van der Waals surface area contributed by atoms with Crippen LogP contribution in [0.2, 0.25) is 5.02 Å². The van der Waals surface area contributed by atoms with Gasteiger partial charge in [-0.2, -0.15) is 5.10 Å². The summed E-state index contributed by atoms with van der Waals surface area (Å²) in [4.78, 5) is 38.5. The number of rotatable bonds is 6. The molecule has 4 aromatic rings. The number of nitrogens with two attached hydrogens (primary N) is 1. The Labute approximate surface area is 220 Å². The fraction of sp³-hybridized carbons (Fsp3) is 0.214. The number of nitrogens with zero attached hydrogens (tertiary/aromatic N) is 3. The molecule has 0 radical (unpaired) electrons. The standard InChI is InChI=1S/C26H23ClN4O4.C2H6/c1-15(2)35-26(34)20-13-19(8-9-22(20)27)30(3)25(33)18-10-11-31-23(12-18)21(14-29-31)16-4-6-17(7-5-16)24(28)32;1-2/h4-15H,1-3H3,(H2,28,32);1-2H3. The lowest BCUT2D eigenvalue weighted by Crippen LogP contribution is -2.26. The first-order chi connectivity index (χ1) is 17.7. The predicted molar refractivity (Wildman–Crippen MR) is 145 cm³/mol. The molecule has 37 heavy (non-hydrogen) atoms. The number of ether oxygens (including phenoxy) is 1. The maximum Gasteiger partial charge on any atom is 0.339 e. The van der Waals surface area contributed by atoms with Crippen molar-refractivity contribution in [1.82, 2.24) is 9.61 Å². The summed E-state index contributed by atoms with van der Waals surface area (Å²) in [6.07, 6.45) is 3.09. The lowest BCUT2D eigenvalue weighted by Gasteiger charge is -2.19. The molecule has 2 aromatic carbocycles. The summed E-state index contributed by atoms with van der Waals surface area (Å²) in [7, 11) is 1.62. The quantitative estimate of drug-likeness (QED) is 0.332. The molecule has 0 saturated carbocycles. The third-order valence-corrected chi connectivity index (χ3v) is 5.78. The second kappa shape index (κ2) is 11.7. The van der Waals surface area contributed by atoms with Crippen molar-refractivity contribution in [3.05, 3.63) is 88.7 Å². The van der Waals surface area contributed by atoms with Crippen molar-refractivity contribution in [2.75, 3.05) is 11.9 Å². The zero-order chi connectivity index (χ0) is 27.3. The zero-order valence-corrected chi connectivity index (χ0v) is 22.1. The van der Waals surface area contributed by atoms with Crippen molar-refractivity contribution in [3.63, 3.8) is 0 Å². The van der Waals surface area contributed by atoms with Crippen LogP contribution in [-0.4, -0.2) is 40.5 Å². The minimum absolute atomic E-state index is 0.186. The topological polar surface area (TPSA) is 107 Å². The summed E-state index contributed by atoms with van der Waals surface area (Å²) >= 11 is 6.19. The molecule has 0 aliphatic heterocycles. The molecular weight excluding hydrogens is 492 g/mol. The van der Waals surface area contributed by atoms with E-state index >= 15 is 0 Å². The van der Waals surface area contributed by atoms with Crippen LogP contribution in [0.4, 0.5) is 5.69 Å². The van der Waals surface area contributed by atoms with Crippen LogP contribution in [0.1, 0.15) is 58.8 Å². The molecule has 0 aliphatic carbocycles. The minimum atomic E-state index is -0.555. The second-order valence-electron chi connectivity index (χ2n) is 8.23. The highest BCUT2D eigenvalue weighted by molar-refractivity contribution is 6.33. The highest BCUT2D eigenvalue weighted by Gasteiger charge is 2.20. The number of esters is 1. The first-order valence-corrected chi connectivity index (χ1v) is 12.2. The molecule has 0 unspecified atom stereocenters. The van der Waals surface area contributed by atoms with Gasteiger partial charge in [0.1, 0.15) is 0 Å². The number of pyridine rings is 1. The SMILES string of the molecule is CC.CC(C)OC(=O)c1cc(N(C)C(=O)c2ccn3ncc(-c4ccc(C(N)=O)cc4)c3c2)ccc1Cl. The van der Waals surface area contributed by atoms with E-state index in [1.807, 2.05) is 13.8 Å². The first-order valence-electron chi connectivity index (χ1n) is 11.8. The van der Waals surface area contributed by atoms with Crippen molar-refractivity contribution in [2.45, 2.75) is 33.8 Å². The molecule has 0 atom stereocenters. The molecule has 9 heteroatoms. The Morgan fingerprint density at radius 1 is 1.00 bits per heavy atom. The Balaban J connectivity index is 0.00000186. The van der Waals surface area contributed by atoms with E-state index in [4.69, 9.17) is 22.1 Å².